The summed E-state index contributed by atoms with van der Waals surface area (Å²) in [5, 5.41) is 10.5. The van der Waals surface area contributed by atoms with Gasteiger partial charge in [-0.25, -0.2) is 4.98 Å². The average molecular weight is 204 g/mol. The van der Waals surface area contributed by atoms with Crippen LogP contribution in [0, 0.1) is 10.1 Å². The molecule has 0 amide bonds. The minimum Gasteiger partial charge on any atom is -0.378 e. The van der Waals surface area contributed by atoms with Crippen molar-refractivity contribution < 1.29 is 4.92 Å². The lowest BCUT2D eigenvalue weighted by Gasteiger charge is -2.02. The number of nitrogen functional groups attached to an aromatic ring is 1. The van der Waals surface area contributed by atoms with Gasteiger partial charge in [0, 0.05) is 18.5 Å². The summed E-state index contributed by atoms with van der Waals surface area (Å²) in [7, 11) is 0. The second kappa shape index (κ2) is 3.41. The van der Waals surface area contributed by atoms with Gasteiger partial charge in [0.1, 0.15) is 5.82 Å². The van der Waals surface area contributed by atoms with E-state index < -0.39 is 4.92 Å². The molecule has 0 aliphatic rings. The molecule has 0 saturated carbocycles. The number of nitrogens with zero attached hydrogens (tertiary/aromatic N) is 3. The number of anilines is 1. The predicted molar refractivity (Wildman–Crippen MR) is 54.6 cm³/mol. The van der Waals surface area contributed by atoms with Gasteiger partial charge in [-0.1, -0.05) is 0 Å². The maximum atomic E-state index is 10.5. The van der Waals surface area contributed by atoms with Crippen LogP contribution in [0.1, 0.15) is 0 Å². The molecule has 15 heavy (non-hydrogen) atoms. The minimum absolute atomic E-state index is 0.0776. The maximum Gasteiger partial charge on any atom is 0.311 e. The third-order valence-corrected chi connectivity index (χ3v) is 1.95. The molecule has 2 N–H and O–H groups in total. The van der Waals surface area contributed by atoms with E-state index in [9.17, 15) is 10.1 Å². The molecular formula is C9H8N4O2. The summed E-state index contributed by atoms with van der Waals surface area (Å²) in [4.78, 5) is 13.9. The number of pyridine rings is 1. The summed E-state index contributed by atoms with van der Waals surface area (Å²) in [5.74, 6) is 0.481. The number of nitro groups is 1. The highest BCUT2D eigenvalue weighted by molar-refractivity contribution is 5.54. The van der Waals surface area contributed by atoms with E-state index in [1.165, 1.54) is 6.07 Å². The zero-order chi connectivity index (χ0) is 10.8. The molecule has 0 spiro atoms. The Morgan fingerprint density at radius 1 is 1.33 bits per heavy atom. The smallest absolute Gasteiger partial charge is 0.311 e. The normalized spacial score (nSPS) is 10.1. The molecule has 0 saturated heterocycles. The largest absolute Gasteiger partial charge is 0.378 e. The van der Waals surface area contributed by atoms with E-state index in [0.717, 1.165) is 0 Å². The molecule has 0 radical (unpaired) electrons. The lowest BCUT2D eigenvalue weighted by molar-refractivity contribution is -0.384. The Hall–Kier alpha value is -2.37. The van der Waals surface area contributed by atoms with E-state index in [1.54, 1.807) is 23.0 Å². The van der Waals surface area contributed by atoms with Gasteiger partial charge >= 0.3 is 5.69 Å². The van der Waals surface area contributed by atoms with Crippen LogP contribution in [0.4, 0.5) is 11.5 Å². The minimum atomic E-state index is -0.554. The van der Waals surface area contributed by atoms with Crippen molar-refractivity contribution in [2.45, 2.75) is 0 Å². The van der Waals surface area contributed by atoms with Gasteiger partial charge in [-0.15, -0.1) is 0 Å². The number of rotatable bonds is 2. The number of hydrogen-bond donors (Lipinski definition) is 1. The zero-order valence-electron chi connectivity index (χ0n) is 7.70. The summed E-state index contributed by atoms with van der Waals surface area (Å²) in [6.07, 6.45) is 3.57. The van der Waals surface area contributed by atoms with Crippen molar-refractivity contribution in [2.75, 3.05) is 5.73 Å². The third kappa shape index (κ3) is 1.64. The van der Waals surface area contributed by atoms with Crippen molar-refractivity contribution >= 4 is 11.5 Å². The Bertz CT molecular complexity index is 493. The van der Waals surface area contributed by atoms with Crippen molar-refractivity contribution in [3.63, 3.8) is 0 Å². The van der Waals surface area contributed by atoms with Crippen molar-refractivity contribution in [1.82, 2.24) is 9.55 Å². The van der Waals surface area contributed by atoms with Gasteiger partial charge in [-0.2, -0.15) is 0 Å². The molecule has 2 aromatic heterocycles. The Balaban J connectivity index is 2.47. The highest BCUT2D eigenvalue weighted by Gasteiger charge is 2.12. The summed E-state index contributed by atoms with van der Waals surface area (Å²) in [6, 6.07) is 6.56. The molecule has 6 nitrogen and oxygen atoms in total. The van der Waals surface area contributed by atoms with Crippen LogP contribution in [-0.4, -0.2) is 14.5 Å². The van der Waals surface area contributed by atoms with Crippen LogP contribution >= 0.6 is 0 Å². The first-order valence-corrected chi connectivity index (χ1v) is 4.23. The highest BCUT2D eigenvalue weighted by atomic mass is 16.6. The van der Waals surface area contributed by atoms with Crippen molar-refractivity contribution in [1.29, 1.82) is 0 Å². The molecule has 0 unspecified atom stereocenters. The predicted octanol–water partition coefficient (Wildman–Crippen LogP) is 1.36. The molecule has 2 rings (SSSR count). The number of nitrogens with two attached hydrogens (primary N) is 1. The summed E-state index contributed by atoms with van der Waals surface area (Å²) in [5.41, 5.74) is 5.29. The molecule has 0 fully saturated rings. The SMILES string of the molecule is Nc1nc(-n2cccc2)ccc1[N+](=O)[O-]. The quantitative estimate of drug-likeness (QED) is 0.591. The fraction of sp³-hybridized carbons (Fsp3) is 0. The first-order chi connectivity index (χ1) is 7.18. The van der Waals surface area contributed by atoms with E-state index in [1.807, 2.05) is 12.1 Å². The standard InChI is InChI=1S/C9H8N4O2/c10-9-7(13(14)15)3-4-8(11-9)12-5-1-2-6-12/h1-6H,(H2,10,11). The van der Waals surface area contributed by atoms with Crippen molar-refractivity contribution in [3.05, 3.63) is 46.8 Å². The molecule has 0 aliphatic heterocycles. The van der Waals surface area contributed by atoms with Gasteiger partial charge in [0.25, 0.3) is 0 Å². The van der Waals surface area contributed by atoms with Crippen molar-refractivity contribution in [2.24, 2.45) is 0 Å². The monoisotopic (exact) mass is 204 g/mol. The summed E-state index contributed by atoms with van der Waals surface area (Å²) < 4.78 is 1.72. The van der Waals surface area contributed by atoms with E-state index in [2.05, 4.69) is 4.98 Å². The van der Waals surface area contributed by atoms with Crippen LogP contribution in [0.25, 0.3) is 5.82 Å². The Morgan fingerprint density at radius 2 is 2.00 bits per heavy atom. The molecule has 0 bridgehead atoms. The summed E-state index contributed by atoms with van der Waals surface area (Å²) in [6.45, 7) is 0. The Kier molecular flexibility index (Phi) is 2.09. The average Bonchev–Trinajstić information content (AvgIpc) is 2.69. The second-order valence-electron chi connectivity index (χ2n) is 2.92. The van der Waals surface area contributed by atoms with Gasteiger partial charge in [0.2, 0.25) is 5.82 Å². The Labute approximate surface area is 85.1 Å². The van der Waals surface area contributed by atoms with Crippen LogP contribution in [0.3, 0.4) is 0 Å². The van der Waals surface area contributed by atoms with Gasteiger partial charge < -0.3 is 10.3 Å². The first kappa shape index (κ1) is 9.20. The third-order valence-electron chi connectivity index (χ3n) is 1.95. The van der Waals surface area contributed by atoms with Gasteiger partial charge in [0.05, 0.1) is 4.92 Å². The first-order valence-electron chi connectivity index (χ1n) is 4.23. The fourth-order valence-corrected chi connectivity index (χ4v) is 1.24. The van der Waals surface area contributed by atoms with E-state index >= 15 is 0 Å². The lowest BCUT2D eigenvalue weighted by Crippen LogP contribution is -2.02. The molecule has 2 heterocycles. The zero-order valence-corrected chi connectivity index (χ0v) is 7.70. The maximum absolute atomic E-state index is 10.5. The van der Waals surface area contributed by atoms with Crippen LogP contribution in [0.5, 0.6) is 0 Å². The van der Waals surface area contributed by atoms with E-state index in [-0.39, 0.29) is 11.5 Å². The van der Waals surface area contributed by atoms with Crippen LogP contribution in [0.2, 0.25) is 0 Å². The molecule has 0 aliphatic carbocycles. The van der Waals surface area contributed by atoms with E-state index in [4.69, 9.17) is 5.73 Å². The molecule has 76 valence electrons. The van der Waals surface area contributed by atoms with Gasteiger partial charge in [0.15, 0.2) is 0 Å². The fourth-order valence-electron chi connectivity index (χ4n) is 1.24. The molecular weight excluding hydrogens is 196 g/mol. The highest BCUT2D eigenvalue weighted by Crippen LogP contribution is 2.20. The van der Waals surface area contributed by atoms with E-state index in [0.29, 0.717) is 5.82 Å². The molecule has 0 atom stereocenters. The van der Waals surface area contributed by atoms with Gasteiger partial charge in [-0.05, 0) is 18.2 Å². The second-order valence-corrected chi connectivity index (χ2v) is 2.92. The Morgan fingerprint density at radius 3 is 2.53 bits per heavy atom. The van der Waals surface area contributed by atoms with Crippen LogP contribution in [-0.2, 0) is 0 Å². The van der Waals surface area contributed by atoms with Crippen molar-refractivity contribution in [3.8, 4) is 5.82 Å². The number of aromatic nitrogens is 2. The molecule has 6 heteroatoms. The van der Waals surface area contributed by atoms with Gasteiger partial charge in [-0.3, -0.25) is 10.1 Å². The van der Waals surface area contributed by atoms with Crippen LogP contribution < -0.4 is 5.73 Å². The lowest BCUT2D eigenvalue weighted by atomic mass is 10.4. The van der Waals surface area contributed by atoms with Crippen LogP contribution in [0.15, 0.2) is 36.7 Å². The summed E-state index contributed by atoms with van der Waals surface area (Å²) >= 11 is 0. The molecule has 0 aromatic carbocycles. The molecule has 2 aromatic rings. The topological polar surface area (TPSA) is 87.0 Å². The number of hydrogen-bond acceptors (Lipinski definition) is 4.